The molecule has 2 aliphatic rings. The number of hydrogen-bond donors (Lipinski definition) is 1. The molecule has 1 saturated heterocycles. The lowest BCUT2D eigenvalue weighted by atomic mass is 9.66. The van der Waals surface area contributed by atoms with E-state index in [1.165, 1.54) is 16.6 Å². The van der Waals surface area contributed by atoms with E-state index >= 15 is 0 Å². The van der Waals surface area contributed by atoms with Gasteiger partial charge < -0.3 is 5.32 Å². The quantitative estimate of drug-likeness (QED) is 0.487. The van der Waals surface area contributed by atoms with E-state index in [0.29, 0.717) is 49.9 Å². The van der Waals surface area contributed by atoms with Gasteiger partial charge in [0, 0.05) is 62.0 Å². The van der Waals surface area contributed by atoms with Crippen molar-refractivity contribution in [2.24, 2.45) is 0 Å². The van der Waals surface area contributed by atoms with Crippen molar-refractivity contribution < 1.29 is 12.8 Å². The van der Waals surface area contributed by atoms with Gasteiger partial charge in [-0.25, -0.2) is 17.8 Å². The van der Waals surface area contributed by atoms with Crippen molar-refractivity contribution in [3.63, 3.8) is 0 Å². The fourth-order valence-electron chi connectivity index (χ4n) is 4.62. The molecule has 1 aliphatic heterocycles. The van der Waals surface area contributed by atoms with Gasteiger partial charge >= 0.3 is 0 Å². The Hall–Kier alpha value is -2.54. The Kier molecular flexibility index (Phi) is 6.80. The zero-order chi connectivity index (χ0) is 24.5. The number of hydrogen-bond acceptors (Lipinski definition) is 9. The van der Waals surface area contributed by atoms with Gasteiger partial charge in [-0.05, 0) is 37.1 Å². The predicted molar refractivity (Wildman–Crippen MR) is 133 cm³/mol. The van der Waals surface area contributed by atoms with Gasteiger partial charge in [-0.1, -0.05) is 6.42 Å². The molecule has 0 unspecified atom stereocenters. The Morgan fingerprint density at radius 1 is 1.11 bits per heavy atom. The van der Waals surface area contributed by atoms with Gasteiger partial charge in [0.05, 0.1) is 11.9 Å². The molecule has 5 rings (SSSR count). The average Bonchev–Trinajstić information content (AvgIpc) is 3.28. The predicted octanol–water partition coefficient (Wildman–Crippen LogP) is 2.75. The Morgan fingerprint density at radius 3 is 2.54 bits per heavy atom. The molecule has 186 valence electrons. The SMILES string of the molecule is CS(=O)(=O)N1CCN(Cc2cnc(-c3ccc(NCC4(c5ncccc5F)CCC4)nn3)s2)CC1. The number of nitrogens with one attached hydrogen (secondary N) is 1. The van der Waals surface area contributed by atoms with Gasteiger partial charge in [-0.3, -0.25) is 9.88 Å². The van der Waals surface area contributed by atoms with E-state index in [9.17, 15) is 12.8 Å². The van der Waals surface area contributed by atoms with Crippen molar-refractivity contribution >= 4 is 27.2 Å². The lowest BCUT2D eigenvalue weighted by molar-refractivity contribution is 0.183. The topological polar surface area (TPSA) is 104 Å². The van der Waals surface area contributed by atoms with Crippen LogP contribution < -0.4 is 5.32 Å². The van der Waals surface area contributed by atoms with Gasteiger partial charge in [0.1, 0.15) is 22.3 Å². The largest absolute Gasteiger partial charge is 0.368 e. The highest BCUT2D eigenvalue weighted by Crippen LogP contribution is 2.43. The number of nitrogens with zero attached hydrogens (tertiary/aromatic N) is 6. The van der Waals surface area contributed by atoms with Crippen LogP contribution in [0.15, 0.2) is 36.7 Å². The molecule has 0 amide bonds. The van der Waals surface area contributed by atoms with Crippen LogP contribution >= 0.6 is 11.3 Å². The maximum Gasteiger partial charge on any atom is 0.211 e. The second-order valence-corrected chi connectivity index (χ2v) is 12.3. The molecule has 35 heavy (non-hydrogen) atoms. The molecule has 3 aromatic rings. The van der Waals surface area contributed by atoms with Crippen LogP contribution in [-0.2, 0) is 22.0 Å². The van der Waals surface area contributed by atoms with Crippen molar-refractivity contribution in [1.29, 1.82) is 0 Å². The Bertz CT molecular complexity index is 1270. The molecule has 4 heterocycles. The number of aromatic nitrogens is 4. The van der Waals surface area contributed by atoms with Crippen molar-refractivity contribution in [2.75, 3.05) is 44.3 Å². The number of rotatable bonds is 8. The van der Waals surface area contributed by atoms with Crippen molar-refractivity contribution in [2.45, 2.75) is 31.2 Å². The Labute approximate surface area is 208 Å². The molecule has 0 radical (unpaired) electrons. The van der Waals surface area contributed by atoms with E-state index in [-0.39, 0.29) is 11.2 Å². The van der Waals surface area contributed by atoms with Crippen LogP contribution in [0.4, 0.5) is 10.2 Å². The minimum atomic E-state index is -3.13. The highest BCUT2D eigenvalue weighted by atomic mass is 32.2. The molecular formula is C23H28FN7O2S2. The monoisotopic (exact) mass is 517 g/mol. The maximum atomic E-state index is 14.3. The minimum absolute atomic E-state index is 0.257. The smallest absolute Gasteiger partial charge is 0.211 e. The molecule has 3 aromatic heterocycles. The summed E-state index contributed by atoms with van der Waals surface area (Å²) >= 11 is 1.56. The van der Waals surface area contributed by atoms with Gasteiger partial charge in [-0.2, -0.15) is 4.31 Å². The third-order valence-electron chi connectivity index (χ3n) is 6.80. The average molecular weight is 518 g/mol. The fourth-order valence-corrected chi connectivity index (χ4v) is 6.36. The van der Waals surface area contributed by atoms with Crippen LogP contribution in [0.2, 0.25) is 0 Å². The number of sulfonamides is 1. The second kappa shape index (κ2) is 9.84. The third kappa shape index (κ3) is 5.35. The summed E-state index contributed by atoms with van der Waals surface area (Å²) in [6, 6.07) is 6.84. The number of piperazine rings is 1. The van der Waals surface area contributed by atoms with Crippen LogP contribution in [0, 0.1) is 5.82 Å². The van der Waals surface area contributed by atoms with Crippen LogP contribution in [0.1, 0.15) is 29.8 Å². The molecule has 0 spiro atoms. The lowest BCUT2D eigenvalue weighted by Gasteiger charge is -2.41. The van der Waals surface area contributed by atoms with Crippen LogP contribution in [0.3, 0.4) is 0 Å². The summed E-state index contributed by atoms with van der Waals surface area (Å²) in [4.78, 5) is 12.1. The highest BCUT2D eigenvalue weighted by molar-refractivity contribution is 7.88. The van der Waals surface area contributed by atoms with Gasteiger partial charge in [0.25, 0.3) is 0 Å². The zero-order valence-electron chi connectivity index (χ0n) is 19.5. The van der Waals surface area contributed by atoms with E-state index < -0.39 is 10.0 Å². The van der Waals surface area contributed by atoms with Gasteiger partial charge in [0.15, 0.2) is 0 Å². The number of anilines is 1. The first kappa shape index (κ1) is 24.2. The van der Waals surface area contributed by atoms with Gasteiger partial charge in [0.2, 0.25) is 10.0 Å². The van der Waals surface area contributed by atoms with Crippen molar-refractivity contribution in [1.82, 2.24) is 29.4 Å². The first-order valence-corrected chi connectivity index (χ1v) is 14.3. The summed E-state index contributed by atoms with van der Waals surface area (Å²) < 4.78 is 39.2. The first-order chi connectivity index (χ1) is 16.8. The summed E-state index contributed by atoms with van der Waals surface area (Å²) in [5.74, 6) is 0.379. The minimum Gasteiger partial charge on any atom is -0.368 e. The Morgan fingerprint density at radius 2 is 1.91 bits per heavy atom. The van der Waals surface area contributed by atoms with Crippen molar-refractivity contribution in [3.05, 3.63) is 53.0 Å². The van der Waals surface area contributed by atoms with Crippen LogP contribution in [-0.4, -0.2) is 76.8 Å². The molecule has 0 aromatic carbocycles. The molecule has 1 N–H and O–H groups in total. The number of thiazole rings is 1. The van der Waals surface area contributed by atoms with Crippen molar-refractivity contribution in [3.8, 4) is 10.7 Å². The molecule has 1 saturated carbocycles. The molecule has 1 aliphatic carbocycles. The maximum absolute atomic E-state index is 14.3. The normalized spacial score (nSPS) is 18.8. The zero-order valence-corrected chi connectivity index (χ0v) is 21.2. The molecule has 0 atom stereocenters. The molecular weight excluding hydrogens is 489 g/mol. The third-order valence-corrected chi connectivity index (χ3v) is 9.10. The van der Waals surface area contributed by atoms with E-state index in [1.54, 1.807) is 23.6 Å². The van der Waals surface area contributed by atoms with E-state index in [2.05, 4.69) is 30.4 Å². The van der Waals surface area contributed by atoms with Gasteiger partial charge in [-0.15, -0.1) is 21.5 Å². The summed E-state index contributed by atoms with van der Waals surface area (Å²) in [5.41, 5.74) is 0.919. The summed E-state index contributed by atoms with van der Waals surface area (Å²) in [6.07, 6.45) is 7.59. The summed E-state index contributed by atoms with van der Waals surface area (Å²) in [5, 5.41) is 12.8. The highest BCUT2D eigenvalue weighted by Gasteiger charge is 2.41. The number of halogens is 1. The molecule has 12 heteroatoms. The lowest BCUT2D eigenvalue weighted by Crippen LogP contribution is -2.47. The molecule has 0 bridgehead atoms. The summed E-state index contributed by atoms with van der Waals surface area (Å²) in [7, 11) is -3.13. The second-order valence-electron chi connectivity index (χ2n) is 9.19. The molecule has 9 nitrogen and oxygen atoms in total. The fraction of sp³-hybridized carbons (Fsp3) is 0.478. The summed E-state index contributed by atoms with van der Waals surface area (Å²) in [6.45, 7) is 3.71. The van der Waals surface area contributed by atoms with Crippen LogP contribution in [0.5, 0.6) is 0 Å². The first-order valence-electron chi connectivity index (χ1n) is 11.6. The van der Waals surface area contributed by atoms with E-state index in [4.69, 9.17) is 0 Å². The number of pyridine rings is 1. The van der Waals surface area contributed by atoms with E-state index in [0.717, 1.165) is 35.7 Å². The Balaban J connectivity index is 1.18. The van der Waals surface area contributed by atoms with E-state index in [1.807, 2.05) is 18.3 Å². The molecule has 2 fully saturated rings. The standard InChI is InChI=1S/C23H28FN7O2S2/c1-35(32,33)31-12-10-30(11-13-31)15-17-14-26-22(34-17)19-5-6-20(29-28-19)27-16-23(7-3-8-23)21-18(24)4-2-9-25-21/h2,4-6,9,14H,3,7-8,10-13,15-16H2,1H3,(H,27,29). The van der Waals surface area contributed by atoms with Crippen LogP contribution in [0.25, 0.3) is 10.7 Å².